The number of aromatic amines is 1. The van der Waals surface area contributed by atoms with E-state index in [0.29, 0.717) is 0 Å². The van der Waals surface area contributed by atoms with Gasteiger partial charge < -0.3 is 9.40 Å². The van der Waals surface area contributed by atoms with Gasteiger partial charge in [-0.25, -0.2) is 9.97 Å². The third kappa shape index (κ3) is 8.90. The van der Waals surface area contributed by atoms with Gasteiger partial charge in [0.05, 0.1) is 22.6 Å². The quantitative estimate of drug-likeness (QED) is 0.173. The summed E-state index contributed by atoms with van der Waals surface area (Å²) >= 11 is 0. The van der Waals surface area contributed by atoms with E-state index in [1.165, 1.54) is 33.0 Å². The summed E-state index contributed by atoms with van der Waals surface area (Å²) in [6.45, 7) is 27.7. The third-order valence-corrected chi connectivity index (χ3v) is 14.6. The molecular weight excluding hydrogens is 889 g/mol. The highest BCUT2D eigenvalue weighted by Crippen LogP contribution is 2.47. The summed E-state index contributed by atoms with van der Waals surface area (Å²) in [6.07, 6.45) is 1.87. The highest BCUT2D eigenvalue weighted by Gasteiger charge is 2.27. The molecule has 5 nitrogen and oxygen atoms in total. The van der Waals surface area contributed by atoms with Crippen molar-refractivity contribution in [1.82, 2.24) is 15.0 Å². The van der Waals surface area contributed by atoms with Gasteiger partial charge in [0, 0.05) is 55.6 Å². The molecule has 0 saturated carbocycles. The normalized spacial score (nSPS) is 12.7. The molecule has 0 amide bonds. The standard InChI is InChI=1S/C68H66N4O/c1-65(2,3)45-29-30-57-52(37-45)53-38-48(68(10,11)12)39-55(63(53)71-57)58-34-44(43-32-46(66(4,5)6)36-47(33-43)67(7,8)9)35-59(70-58)56-41-49(40-54-51-25-17-19-27-61(51)73-64(54)56)72(62-28-20-21-31-69-62)60-26-18-16-24-50(60)42-22-14-13-15-23-42/h13-41,71H,1-12H3. The molecule has 0 aliphatic rings. The zero-order chi connectivity index (χ0) is 51.2. The molecule has 11 rings (SSSR count). The first-order valence-electron chi connectivity index (χ1n) is 25.8. The lowest BCUT2D eigenvalue weighted by Crippen LogP contribution is -2.16. The Kier molecular flexibility index (Phi) is 11.4. The van der Waals surface area contributed by atoms with Gasteiger partial charge in [-0.1, -0.05) is 180 Å². The number of aromatic nitrogens is 3. The van der Waals surface area contributed by atoms with Gasteiger partial charge in [-0.15, -0.1) is 0 Å². The average molecular weight is 955 g/mol. The molecule has 364 valence electrons. The minimum atomic E-state index is -0.142. The van der Waals surface area contributed by atoms with Crippen LogP contribution in [0.3, 0.4) is 0 Å². The monoisotopic (exact) mass is 955 g/mol. The fourth-order valence-electron chi connectivity index (χ4n) is 10.3. The Bertz CT molecular complexity index is 3850. The lowest BCUT2D eigenvalue weighted by Gasteiger charge is -2.27. The topological polar surface area (TPSA) is 58.0 Å². The van der Waals surface area contributed by atoms with Crippen LogP contribution in [-0.2, 0) is 21.7 Å². The Morgan fingerprint density at radius 3 is 1.71 bits per heavy atom. The molecule has 0 saturated heterocycles. The van der Waals surface area contributed by atoms with E-state index in [2.05, 4.69) is 251 Å². The van der Waals surface area contributed by atoms with E-state index in [9.17, 15) is 0 Å². The molecule has 1 N–H and O–H groups in total. The van der Waals surface area contributed by atoms with Gasteiger partial charge in [0.15, 0.2) is 0 Å². The number of para-hydroxylation sites is 2. The molecule has 0 aliphatic carbocycles. The van der Waals surface area contributed by atoms with Crippen LogP contribution in [0.15, 0.2) is 180 Å². The number of nitrogens with one attached hydrogen (secondary N) is 1. The van der Waals surface area contributed by atoms with Crippen LogP contribution >= 0.6 is 0 Å². The van der Waals surface area contributed by atoms with E-state index in [1.54, 1.807) is 0 Å². The number of furan rings is 1. The van der Waals surface area contributed by atoms with Crippen LogP contribution in [0.2, 0.25) is 0 Å². The molecule has 0 radical (unpaired) electrons. The van der Waals surface area contributed by atoms with E-state index in [0.717, 1.165) is 94.9 Å². The zero-order valence-electron chi connectivity index (χ0n) is 44.5. The van der Waals surface area contributed by atoms with Crippen molar-refractivity contribution in [2.24, 2.45) is 0 Å². The Hall–Kier alpha value is -7.76. The van der Waals surface area contributed by atoms with Crippen molar-refractivity contribution >= 4 is 60.9 Å². The maximum atomic E-state index is 7.03. The van der Waals surface area contributed by atoms with Crippen LogP contribution in [0.25, 0.3) is 88.5 Å². The van der Waals surface area contributed by atoms with Gasteiger partial charge in [0.25, 0.3) is 0 Å². The van der Waals surface area contributed by atoms with Crippen molar-refractivity contribution in [1.29, 1.82) is 0 Å². The second-order valence-electron chi connectivity index (χ2n) is 24.1. The van der Waals surface area contributed by atoms with E-state index in [1.807, 2.05) is 18.3 Å². The molecule has 0 atom stereocenters. The van der Waals surface area contributed by atoms with Crippen LogP contribution in [-0.4, -0.2) is 15.0 Å². The molecule has 11 aromatic rings. The predicted octanol–water partition coefficient (Wildman–Crippen LogP) is 19.3. The Morgan fingerprint density at radius 2 is 1.03 bits per heavy atom. The number of hydrogen-bond donors (Lipinski definition) is 1. The number of benzene rings is 7. The van der Waals surface area contributed by atoms with Gasteiger partial charge in [-0.2, -0.15) is 0 Å². The van der Waals surface area contributed by atoms with E-state index in [4.69, 9.17) is 14.4 Å². The molecule has 73 heavy (non-hydrogen) atoms. The van der Waals surface area contributed by atoms with E-state index in [-0.39, 0.29) is 21.7 Å². The van der Waals surface area contributed by atoms with Crippen molar-refractivity contribution in [2.45, 2.75) is 105 Å². The van der Waals surface area contributed by atoms with Gasteiger partial charge in [-0.3, -0.25) is 4.90 Å². The van der Waals surface area contributed by atoms with Gasteiger partial charge >= 0.3 is 0 Å². The number of anilines is 3. The molecule has 0 bridgehead atoms. The first-order chi connectivity index (χ1) is 34.7. The van der Waals surface area contributed by atoms with Gasteiger partial charge in [0.2, 0.25) is 0 Å². The van der Waals surface area contributed by atoms with Crippen molar-refractivity contribution in [2.75, 3.05) is 4.90 Å². The third-order valence-electron chi connectivity index (χ3n) is 14.6. The summed E-state index contributed by atoms with van der Waals surface area (Å²) < 4.78 is 7.03. The summed E-state index contributed by atoms with van der Waals surface area (Å²) in [5, 5.41) is 4.46. The van der Waals surface area contributed by atoms with Gasteiger partial charge in [-0.05, 0) is 133 Å². The number of nitrogens with zero attached hydrogens (tertiary/aromatic N) is 3. The van der Waals surface area contributed by atoms with Crippen molar-refractivity contribution in [3.05, 3.63) is 198 Å². The molecule has 4 aromatic heterocycles. The van der Waals surface area contributed by atoms with Gasteiger partial charge in [0.1, 0.15) is 17.0 Å². The molecule has 4 heterocycles. The summed E-state index contributed by atoms with van der Waals surface area (Å²) in [6, 6.07) is 61.7. The molecular formula is C68H66N4O. The lowest BCUT2D eigenvalue weighted by atomic mass is 9.79. The fraction of sp³-hybridized carbons (Fsp3) is 0.235. The number of H-pyrrole nitrogens is 1. The number of fused-ring (bicyclic) bond motifs is 6. The molecule has 0 fully saturated rings. The van der Waals surface area contributed by atoms with E-state index >= 15 is 0 Å². The number of pyridine rings is 2. The highest BCUT2D eigenvalue weighted by molar-refractivity contribution is 6.14. The predicted molar refractivity (Wildman–Crippen MR) is 310 cm³/mol. The SMILES string of the molecule is CC(C)(C)c1cc(-c2cc(-c3cc(C(C)(C)C)cc4c3[nH]c3ccc(C(C)(C)C)cc34)nc(-c3cc(N(c4ccccn4)c4ccccc4-c4ccccc4)cc4c3oc3ccccc34)c2)cc(C(C)(C)C)c1. The minimum absolute atomic E-state index is 0.00710. The molecule has 0 unspecified atom stereocenters. The number of hydrogen-bond acceptors (Lipinski definition) is 4. The van der Waals surface area contributed by atoms with Crippen LogP contribution in [0.1, 0.15) is 105 Å². The first-order valence-corrected chi connectivity index (χ1v) is 25.8. The van der Waals surface area contributed by atoms with Crippen LogP contribution in [0.5, 0.6) is 0 Å². The minimum Gasteiger partial charge on any atom is -0.455 e. The Balaban J connectivity index is 1.26. The molecule has 0 aliphatic heterocycles. The summed E-state index contributed by atoms with van der Waals surface area (Å²) in [5.41, 5.74) is 18.7. The lowest BCUT2D eigenvalue weighted by molar-refractivity contribution is 0.569. The second kappa shape index (κ2) is 17.5. The van der Waals surface area contributed by atoms with Crippen molar-refractivity contribution < 1.29 is 4.42 Å². The van der Waals surface area contributed by atoms with E-state index < -0.39 is 0 Å². The molecule has 0 spiro atoms. The van der Waals surface area contributed by atoms with Crippen molar-refractivity contribution in [3.63, 3.8) is 0 Å². The Morgan fingerprint density at radius 1 is 0.425 bits per heavy atom. The van der Waals surface area contributed by atoms with Crippen LogP contribution in [0, 0.1) is 0 Å². The second-order valence-corrected chi connectivity index (χ2v) is 24.1. The maximum absolute atomic E-state index is 7.03. The molecule has 7 aromatic carbocycles. The average Bonchev–Trinajstić information content (AvgIpc) is 3.94. The summed E-state index contributed by atoms with van der Waals surface area (Å²) in [7, 11) is 0. The smallest absolute Gasteiger partial charge is 0.144 e. The van der Waals surface area contributed by atoms with Crippen LogP contribution in [0.4, 0.5) is 17.2 Å². The zero-order valence-corrected chi connectivity index (χ0v) is 44.5. The number of rotatable bonds is 7. The maximum Gasteiger partial charge on any atom is 0.144 e. The summed E-state index contributed by atoms with van der Waals surface area (Å²) in [5.74, 6) is 0.801. The largest absolute Gasteiger partial charge is 0.455 e. The Labute approximate surface area is 431 Å². The van der Waals surface area contributed by atoms with Crippen molar-refractivity contribution in [3.8, 4) is 44.8 Å². The molecule has 5 heteroatoms. The van der Waals surface area contributed by atoms with Crippen LogP contribution < -0.4 is 4.90 Å². The fourth-order valence-corrected chi connectivity index (χ4v) is 10.3. The summed E-state index contributed by atoms with van der Waals surface area (Å²) in [4.78, 5) is 17.1. The highest BCUT2D eigenvalue weighted by atomic mass is 16.3. The first kappa shape index (κ1) is 47.6.